The van der Waals surface area contributed by atoms with E-state index in [1.165, 1.54) is 17.6 Å². The fourth-order valence-electron chi connectivity index (χ4n) is 10.1. The van der Waals surface area contributed by atoms with Gasteiger partial charge in [-0.1, -0.05) is 77.8 Å². The normalized spacial score (nSPS) is 16.9. The highest BCUT2D eigenvalue weighted by Crippen LogP contribution is 2.43. The van der Waals surface area contributed by atoms with Crippen LogP contribution >= 0.6 is 37.9 Å². The third-order valence-electron chi connectivity index (χ3n) is 13.7. The highest BCUT2D eigenvalue weighted by Gasteiger charge is 2.42. The summed E-state index contributed by atoms with van der Waals surface area (Å²) in [5.41, 5.74) is 2.81. The zero-order valence-electron chi connectivity index (χ0n) is 54.0. The van der Waals surface area contributed by atoms with E-state index in [0.29, 0.717) is 90.2 Å². The van der Waals surface area contributed by atoms with Crippen molar-refractivity contribution >= 4 is 67.0 Å². The summed E-state index contributed by atoms with van der Waals surface area (Å²) in [6, 6.07) is 1.44. The Morgan fingerprint density at radius 3 is 1.16 bits per heavy atom. The Morgan fingerprint density at radius 2 is 0.889 bits per heavy atom. The lowest BCUT2D eigenvalue weighted by molar-refractivity contribution is -0.126. The molecule has 6 unspecified atom stereocenters. The van der Waals surface area contributed by atoms with Gasteiger partial charge in [-0.05, 0) is 124 Å². The van der Waals surface area contributed by atoms with Gasteiger partial charge in [0.15, 0.2) is 5.78 Å². The number of carbonyl (C=O) groups excluding carboxylic acids is 2. The monoisotopic (exact) mass is 1270 g/mol. The van der Waals surface area contributed by atoms with E-state index < -0.39 is 17.6 Å². The van der Waals surface area contributed by atoms with Gasteiger partial charge in [-0.15, -0.1) is 0 Å². The molecule has 0 saturated heterocycles. The molecule has 2 rings (SSSR count). The number of allylic oxidation sites excluding steroid dienone is 6. The molecule has 2 aliphatic carbocycles. The molecule has 2 N–H and O–H groups in total. The second-order valence-electron chi connectivity index (χ2n) is 21.7. The Bertz CT molecular complexity index is 1570. The second-order valence-corrected chi connectivity index (χ2v) is 28.5. The third-order valence-corrected chi connectivity index (χ3v) is 20.6. The molecule has 6 atom stereocenters. The Morgan fingerprint density at radius 1 is 0.568 bits per heavy atom. The number of aliphatic hydroxyl groups excluding tert-OH is 2. The number of hydrogen-bond donors (Lipinski definition) is 2. The van der Waals surface area contributed by atoms with E-state index >= 15 is 0 Å². The minimum absolute atomic E-state index is 0.0759. The molecule has 0 bridgehead atoms. The predicted molar refractivity (Wildman–Crippen MR) is 352 cm³/mol. The van der Waals surface area contributed by atoms with Crippen LogP contribution in [0.2, 0.25) is 12.1 Å². The number of rotatable bonds is 41. The summed E-state index contributed by atoms with van der Waals surface area (Å²) in [6.45, 7) is 46.9. The van der Waals surface area contributed by atoms with Gasteiger partial charge < -0.3 is 54.9 Å². The lowest BCUT2D eigenvalue weighted by Gasteiger charge is -2.37. The average Bonchev–Trinajstić information content (AvgIpc) is 3.39. The standard InChI is InChI=1S/C14H24O.C13H20O.C12H31NO5P2Si.C12H29NO5Si.C7H19NO2P2/c1-10(2)9-12(15)13-11(3)7-6-8-14(13,4)5;1-5-7-11(14)12-10(2)8-6-9-13(12,3)4;1-4-16-21(17-5-2,18-6-3)12-9-13(7-10-14-19)8-11-15-20;1-4-16-19(17-5-2,18-6-3)12-9-13(7-10-14)8-11-15;1-2-3-8(4-6-9-11)5-7-10-12/h7,10,13H,6,8-9H2,1-5H3;5,7-8,12H,6,9H2,1-4H3;4-12,19-20H2,1-3H3;14-15H,4-12H2,1-3H3;2-7,11-12H2,1H3/b;7-5+;;;. The van der Waals surface area contributed by atoms with Gasteiger partial charge in [-0.3, -0.25) is 24.3 Å². The zero-order chi connectivity index (χ0) is 62.2. The highest BCUT2D eigenvalue weighted by molar-refractivity contribution is 7.10. The van der Waals surface area contributed by atoms with Crippen LogP contribution in [0.3, 0.4) is 0 Å². The van der Waals surface area contributed by atoms with Crippen molar-refractivity contribution in [3.05, 3.63) is 35.5 Å². The van der Waals surface area contributed by atoms with Crippen LogP contribution in [0.15, 0.2) is 35.5 Å². The summed E-state index contributed by atoms with van der Waals surface area (Å²) in [5, 5.41) is 18.0. The molecular weight excluding hydrogens is 1140 g/mol. The Labute approximate surface area is 507 Å². The molecule has 0 saturated carbocycles. The molecular formula is C58H123N3O14P4Si2. The third kappa shape index (κ3) is 40.3. The molecule has 0 aromatic heterocycles. The van der Waals surface area contributed by atoms with E-state index in [4.69, 9.17) is 54.9 Å². The molecule has 0 aliphatic heterocycles. The van der Waals surface area contributed by atoms with Crippen molar-refractivity contribution in [1.29, 1.82) is 0 Å². The van der Waals surface area contributed by atoms with Crippen LogP contribution in [0, 0.1) is 28.6 Å². The Hall–Kier alpha value is 0.114. The van der Waals surface area contributed by atoms with Crippen molar-refractivity contribution in [2.75, 3.05) is 138 Å². The summed E-state index contributed by atoms with van der Waals surface area (Å²) in [5.74, 6) is 1.42. The smallest absolute Gasteiger partial charge is 0.395 e. The second kappa shape index (κ2) is 53.2. The van der Waals surface area contributed by atoms with Crippen LogP contribution in [-0.4, -0.2) is 192 Å². The fourth-order valence-corrected chi connectivity index (χ4v) is 15.7. The molecule has 81 heavy (non-hydrogen) atoms. The van der Waals surface area contributed by atoms with Gasteiger partial charge in [0.2, 0.25) is 0 Å². The Kier molecular flexibility index (Phi) is 56.0. The first-order valence-electron chi connectivity index (χ1n) is 30.0. The van der Waals surface area contributed by atoms with Crippen molar-refractivity contribution in [3.8, 4) is 0 Å². The molecule has 17 nitrogen and oxygen atoms in total. The SMILES string of the molecule is C/C=C/C(=O)C1C(C)=CCCC1(C)C.CC1=CCCC(C)(C)C1C(=O)CC(C)C.CCCN(CCOP)CCOP.CCO[Si](CCN(CCO)CCO)(OCC)OCC.CCO[Si](CCN(CCOP)CCOP)(OCC)OCC. The predicted octanol–water partition coefficient (Wildman–Crippen LogP) is 11.1. The topological polar surface area (TPSA) is 177 Å². The van der Waals surface area contributed by atoms with E-state index in [2.05, 4.69) is 122 Å². The van der Waals surface area contributed by atoms with Crippen LogP contribution in [0.1, 0.15) is 149 Å². The van der Waals surface area contributed by atoms with Crippen molar-refractivity contribution in [2.45, 2.75) is 161 Å². The van der Waals surface area contributed by atoms with Crippen molar-refractivity contribution < 1.29 is 64.5 Å². The Balaban J connectivity index is -0.000000951. The highest BCUT2D eigenvalue weighted by atomic mass is 31.0. The van der Waals surface area contributed by atoms with E-state index in [9.17, 15) is 9.59 Å². The quantitative estimate of drug-likeness (QED) is 0.0256. The van der Waals surface area contributed by atoms with Crippen molar-refractivity contribution in [2.24, 2.45) is 28.6 Å². The van der Waals surface area contributed by atoms with E-state index in [1.54, 1.807) is 6.08 Å². The van der Waals surface area contributed by atoms with Gasteiger partial charge in [0.05, 0.1) is 39.6 Å². The van der Waals surface area contributed by atoms with E-state index in [-0.39, 0.29) is 41.7 Å². The maximum atomic E-state index is 12.2. The van der Waals surface area contributed by atoms with Crippen molar-refractivity contribution in [1.82, 2.24) is 14.7 Å². The fraction of sp³-hybridized carbons (Fsp3) is 0.862. The van der Waals surface area contributed by atoms with E-state index in [1.807, 2.05) is 59.4 Å². The summed E-state index contributed by atoms with van der Waals surface area (Å²) in [6.07, 6.45) is 14.4. The lowest BCUT2D eigenvalue weighted by Crippen LogP contribution is -2.48. The molecule has 0 radical (unpaired) electrons. The van der Waals surface area contributed by atoms with Crippen LogP contribution in [-0.2, 0) is 54.2 Å². The molecule has 0 spiro atoms. The first-order chi connectivity index (χ1) is 38.5. The number of Topliss-reactive ketones (excluding diaryl/α,β-unsaturated/α-hetero) is 1. The maximum Gasteiger partial charge on any atom is 0.502 e. The van der Waals surface area contributed by atoms with Gasteiger partial charge in [0, 0.05) is 160 Å². The molecule has 0 aromatic rings. The number of carbonyl (C=O) groups is 2. The lowest BCUT2D eigenvalue weighted by atomic mass is 9.66. The van der Waals surface area contributed by atoms with Crippen LogP contribution < -0.4 is 0 Å². The molecule has 482 valence electrons. The van der Waals surface area contributed by atoms with Gasteiger partial charge in [0.25, 0.3) is 0 Å². The van der Waals surface area contributed by atoms with Gasteiger partial charge in [-0.2, -0.15) is 0 Å². The average molecular weight is 1270 g/mol. The zero-order valence-corrected chi connectivity index (χ0v) is 60.6. The van der Waals surface area contributed by atoms with E-state index in [0.717, 1.165) is 90.6 Å². The molecule has 0 aromatic carbocycles. The molecule has 23 heteroatoms. The molecule has 0 fully saturated rings. The number of hydrogen-bond acceptors (Lipinski definition) is 17. The summed E-state index contributed by atoms with van der Waals surface area (Å²) in [4.78, 5) is 30.7. The summed E-state index contributed by atoms with van der Waals surface area (Å²) >= 11 is 0. The summed E-state index contributed by atoms with van der Waals surface area (Å²) < 4.78 is 54.9. The minimum Gasteiger partial charge on any atom is -0.395 e. The van der Waals surface area contributed by atoms with Crippen LogP contribution in [0.25, 0.3) is 0 Å². The van der Waals surface area contributed by atoms with Crippen molar-refractivity contribution in [3.63, 3.8) is 0 Å². The molecule has 0 amide bonds. The van der Waals surface area contributed by atoms with Crippen LogP contribution in [0.4, 0.5) is 0 Å². The number of nitrogens with zero attached hydrogens (tertiary/aromatic N) is 3. The minimum atomic E-state index is -2.62. The molecule has 2 aliphatic rings. The van der Waals surface area contributed by atoms with Gasteiger partial charge >= 0.3 is 17.6 Å². The summed E-state index contributed by atoms with van der Waals surface area (Å²) in [7, 11) is 3.90. The number of ketones is 2. The largest absolute Gasteiger partial charge is 0.502 e. The number of aliphatic hydroxyl groups is 2. The van der Waals surface area contributed by atoms with Gasteiger partial charge in [0.1, 0.15) is 5.78 Å². The first kappa shape index (κ1) is 85.3. The van der Waals surface area contributed by atoms with Gasteiger partial charge in [-0.25, -0.2) is 0 Å². The van der Waals surface area contributed by atoms with Crippen LogP contribution in [0.5, 0.6) is 0 Å². The molecule has 0 heterocycles. The maximum absolute atomic E-state index is 12.2. The first-order valence-corrected chi connectivity index (χ1v) is 35.8.